The van der Waals surface area contributed by atoms with E-state index in [0.29, 0.717) is 5.92 Å². The molecule has 2 aromatic rings. The van der Waals surface area contributed by atoms with Gasteiger partial charge in [0, 0.05) is 19.1 Å². The highest BCUT2D eigenvalue weighted by Gasteiger charge is 2.28. The lowest BCUT2D eigenvalue weighted by molar-refractivity contribution is 0.0831. The average Bonchev–Trinajstić information content (AvgIpc) is 2.99. The van der Waals surface area contributed by atoms with Gasteiger partial charge in [0.25, 0.3) is 0 Å². The molecule has 3 rings (SSSR count). The number of nitrogens with zero attached hydrogens (tertiary/aromatic N) is 4. The van der Waals surface area contributed by atoms with Crippen LogP contribution in [0.3, 0.4) is 0 Å². The predicted molar refractivity (Wildman–Crippen MR) is 78.2 cm³/mol. The Bertz CT molecular complexity index is 585. The third-order valence-corrected chi connectivity index (χ3v) is 4.98. The van der Waals surface area contributed by atoms with Crippen LogP contribution >= 0.6 is 11.3 Å². The maximum atomic E-state index is 5.42. The summed E-state index contributed by atoms with van der Waals surface area (Å²) in [6.07, 6.45) is 2.01. The quantitative estimate of drug-likeness (QED) is 0.933. The third kappa shape index (κ3) is 2.45. The average molecular weight is 295 g/mol. The first kappa shape index (κ1) is 13.9. The molecule has 0 radical (unpaired) electrons. The van der Waals surface area contributed by atoms with Crippen molar-refractivity contribution in [3.63, 3.8) is 0 Å². The van der Waals surface area contributed by atoms with Gasteiger partial charge >= 0.3 is 0 Å². The molecular formula is C13H21N5OS. The molecular weight excluding hydrogens is 274 g/mol. The Morgan fingerprint density at radius 1 is 1.35 bits per heavy atom. The minimum atomic E-state index is -0.132. The lowest BCUT2D eigenvalue weighted by atomic mass is 10.00. The first-order valence-electron chi connectivity index (χ1n) is 7.17. The van der Waals surface area contributed by atoms with E-state index >= 15 is 0 Å². The summed E-state index contributed by atoms with van der Waals surface area (Å²) in [5.74, 6) is 1.40. The van der Waals surface area contributed by atoms with Crippen LogP contribution in [0, 0.1) is 0 Å². The van der Waals surface area contributed by atoms with E-state index in [4.69, 9.17) is 9.84 Å². The first-order chi connectivity index (χ1) is 9.62. The minimum Gasteiger partial charge on any atom is -0.381 e. The second-order valence-corrected chi connectivity index (χ2v) is 6.66. The summed E-state index contributed by atoms with van der Waals surface area (Å²) >= 11 is 1.61. The van der Waals surface area contributed by atoms with Crippen LogP contribution < -0.4 is 5.32 Å². The second-order valence-electron chi connectivity index (χ2n) is 5.70. The second kappa shape index (κ2) is 5.38. The van der Waals surface area contributed by atoms with Crippen LogP contribution in [0.5, 0.6) is 0 Å². The van der Waals surface area contributed by atoms with Gasteiger partial charge in [-0.1, -0.05) is 18.3 Å². The normalized spacial score (nSPS) is 17.9. The molecule has 20 heavy (non-hydrogen) atoms. The predicted octanol–water partition coefficient (Wildman–Crippen LogP) is 1.92. The zero-order chi connectivity index (χ0) is 14.2. The SMILES string of the molecule is CCNC(C)(C)c1nn2c(C3CCOCC3)nnc2s1. The lowest BCUT2D eigenvalue weighted by Gasteiger charge is -2.22. The molecule has 7 heteroatoms. The van der Waals surface area contributed by atoms with E-state index in [1.807, 2.05) is 4.52 Å². The molecule has 3 heterocycles. The standard InChI is InChI=1S/C13H21N5OS/c1-4-14-13(2,3)11-17-18-10(15-16-12(18)20-11)9-5-7-19-8-6-9/h9,14H,4-8H2,1-3H3. The summed E-state index contributed by atoms with van der Waals surface area (Å²) in [7, 11) is 0. The number of hydrogen-bond acceptors (Lipinski definition) is 6. The molecule has 0 unspecified atom stereocenters. The summed E-state index contributed by atoms with van der Waals surface area (Å²) in [4.78, 5) is 0.882. The van der Waals surface area contributed by atoms with Gasteiger partial charge in [-0.05, 0) is 33.2 Å². The van der Waals surface area contributed by atoms with E-state index in [0.717, 1.165) is 48.4 Å². The van der Waals surface area contributed by atoms with Crippen molar-refractivity contribution in [3.05, 3.63) is 10.8 Å². The van der Waals surface area contributed by atoms with Crippen molar-refractivity contribution in [1.82, 2.24) is 25.1 Å². The number of rotatable bonds is 4. The largest absolute Gasteiger partial charge is 0.381 e. The van der Waals surface area contributed by atoms with E-state index in [1.54, 1.807) is 11.3 Å². The maximum Gasteiger partial charge on any atom is 0.234 e. The zero-order valence-electron chi connectivity index (χ0n) is 12.2. The van der Waals surface area contributed by atoms with Crippen molar-refractivity contribution >= 4 is 16.3 Å². The Labute approximate surface area is 122 Å². The Kier molecular flexibility index (Phi) is 3.74. The fourth-order valence-corrected chi connectivity index (χ4v) is 3.54. The van der Waals surface area contributed by atoms with Crippen LogP contribution in [0.2, 0.25) is 0 Å². The van der Waals surface area contributed by atoms with Gasteiger partial charge in [-0.2, -0.15) is 9.61 Å². The third-order valence-electron chi connectivity index (χ3n) is 3.75. The smallest absolute Gasteiger partial charge is 0.234 e. The Morgan fingerprint density at radius 3 is 2.80 bits per heavy atom. The Balaban J connectivity index is 1.94. The van der Waals surface area contributed by atoms with Crippen molar-refractivity contribution in [2.75, 3.05) is 19.8 Å². The van der Waals surface area contributed by atoms with Gasteiger partial charge in [-0.3, -0.25) is 0 Å². The number of aromatic nitrogens is 4. The van der Waals surface area contributed by atoms with E-state index in [1.165, 1.54) is 0 Å². The van der Waals surface area contributed by atoms with Gasteiger partial charge < -0.3 is 10.1 Å². The molecule has 0 bridgehead atoms. The Hall–Kier alpha value is -1.05. The van der Waals surface area contributed by atoms with Gasteiger partial charge in [0.1, 0.15) is 5.01 Å². The van der Waals surface area contributed by atoms with E-state index in [9.17, 15) is 0 Å². The molecule has 0 saturated carbocycles. The molecule has 1 saturated heterocycles. The summed E-state index contributed by atoms with van der Waals surface area (Å²) in [5.41, 5.74) is -0.132. The highest BCUT2D eigenvalue weighted by Crippen LogP contribution is 2.30. The molecule has 0 atom stereocenters. The topological polar surface area (TPSA) is 64.3 Å². The van der Waals surface area contributed by atoms with Crippen LogP contribution in [0.25, 0.3) is 4.96 Å². The molecule has 0 aromatic carbocycles. The molecule has 1 aliphatic rings. The number of nitrogens with one attached hydrogen (secondary N) is 1. The lowest BCUT2D eigenvalue weighted by Crippen LogP contribution is -2.36. The summed E-state index contributed by atoms with van der Waals surface area (Å²) < 4.78 is 7.34. The van der Waals surface area contributed by atoms with Crippen molar-refractivity contribution in [3.8, 4) is 0 Å². The van der Waals surface area contributed by atoms with Crippen molar-refractivity contribution < 1.29 is 4.74 Å². The number of ether oxygens (including phenoxy) is 1. The van der Waals surface area contributed by atoms with Gasteiger partial charge in [0.15, 0.2) is 5.82 Å². The first-order valence-corrected chi connectivity index (χ1v) is 7.99. The van der Waals surface area contributed by atoms with E-state index < -0.39 is 0 Å². The van der Waals surface area contributed by atoms with E-state index in [2.05, 4.69) is 36.3 Å². The number of fused-ring (bicyclic) bond motifs is 1. The fraction of sp³-hybridized carbons (Fsp3) is 0.769. The monoisotopic (exact) mass is 295 g/mol. The van der Waals surface area contributed by atoms with Crippen LogP contribution in [0.4, 0.5) is 0 Å². The van der Waals surface area contributed by atoms with Crippen molar-refractivity contribution in [2.24, 2.45) is 0 Å². The van der Waals surface area contributed by atoms with Gasteiger partial charge in [-0.25, -0.2) is 0 Å². The summed E-state index contributed by atoms with van der Waals surface area (Å²) in [6.45, 7) is 8.93. The van der Waals surface area contributed by atoms with E-state index in [-0.39, 0.29) is 5.54 Å². The Morgan fingerprint density at radius 2 is 2.10 bits per heavy atom. The minimum absolute atomic E-state index is 0.132. The van der Waals surface area contributed by atoms with Gasteiger partial charge in [0.05, 0.1) is 5.54 Å². The van der Waals surface area contributed by atoms with Gasteiger partial charge in [0.2, 0.25) is 4.96 Å². The molecule has 2 aromatic heterocycles. The summed E-state index contributed by atoms with van der Waals surface area (Å²) in [5, 5.41) is 17.9. The molecule has 1 aliphatic heterocycles. The fourth-order valence-electron chi connectivity index (χ4n) is 2.61. The van der Waals surface area contributed by atoms with Crippen molar-refractivity contribution in [2.45, 2.75) is 45.1 Å². The van der Waals surface area contributed by atoms with Crippen LogP contribution in [0.1, 0.15) is 50.4 Å². The van der Waals surface area contributed by atoms with Crippen molar-refractivity contribution in [1.29, 1.82) is 0 Å². The van der Waals surface area contributed by atoms with Gasteiger partial charge in [-0.15, -0.1) is 10.2 Å². The molecule has 1 N–H and O–H groups in total. The van der Waals surface area contributed by atoms with Crippen LogP contribution in [0.15, 0.2) is 0 Å². The molecule has 110 valence electrons. The molecule has 0 amide bonds. The highest BCUT2D eigenvalue weighted by atomic mass is 32.1. The molecule has 6 nitrogen and oxygen atoms in total. The van der Waals surface area contributed by atoms with Crippen LogP contribution in [-0.4, -0.2) is 39.6 Å². The molecule has 1 fully saturated rings. The zero-order valence-corrected chi connectivity index (χ0v) is 13.0. The summed E-state index contributed by atoms with van der Waals surface area (Å²) in [6, 6.07) is 0. The molecule has 0 aliphatic carbocycles. The highest BCUT2D eigenvalue weighted by molar-refractivity contribution is 7.16. The molecule has 0 spiro atoms. The van der Waals surface area contributed by atoms with Crippen LogP contribution in [-0.2, 0) is 10.3 Å². The number of hydrogen-bond donors (Lipinski definition) is 1. The maximum absolute atomic E-state index is 5.42.